The predicted molar refractivity (Wildman–Crippen MR) is 477 cm³/mol. The first-order valence-corrected chi connectivity index (χ1v) is 42.4. The van der Waals surface area contributed by atoms with Crippen LogP contribution in [0.2, 0.25) is 10.6 Å². The number of hydrogen-bond donors (Lipinski definition) is 4. The largest absolute Gasteiger partial charge is 1.00 e. The van der Waals surface area contributed by atoms with Crippen molar-refractivity contribution < 1.29 is 138 Å². The van der Waals surface area contributed by atoms with Crippen LogP contribution in [0.25, 0.3) is 79.0 Å². The first-order valence-electron chi connectivity index (χ1n) is 36.1. The zero-order chi connectivity index (χ0) is 96.3. The summed E-state index contributed by atoms with van der Waals surface area (Å²) in [7, 11) is 18.8. The van der Waals surface area contributed by atoms with Crippen LogP contribution < -0.4 is 34.9 Å². The Kier molecular flexibility index (Phi) is 46.2. The molecular formula is C82H78Cl5F15I2N19O10S-. The van der Waals surface area contributed by atoms with Crippen molar-refractivity contribution in [2.45, 2.75) is 57.3 Å². The van der Waals surface area contributed by atoms with Crippen LogP contribution in [0.5, 0.6) is 5.75 Å². The average molecular weight is 2240 g/mol. The zero-order valence-corrected chi connectivity index (χ0v) is 78.9. The lowest BCUT2D eigenvalue weighted by Gasteiger charge is -2.06. The minimum absolute atomic E-state index is 0. The van der Waals surface area contributed by atoms with Gasteiger partial charge in [-0.15, -0.1) is 11.6 Å². The fourth-order valence-electron chi connectivity index (χ4n) is 10.8. The van der Waals surface area contributed by atoms with E-state index in [-0.39, 0.29) is 95.3 Å². The standard InChI is InChI=1S/C17H12ClF3N6.C13H11F3N2O2.C12H10ClF3N2.C12H9F3N2O2.C12H11F3N2O.C9H10O3.C5H3ClN4.CH3I.CH4.Cl2OS.HI.H3N.H2O/c1-26-9-13(17(19,20)21)24-14(26)11-4-2-10(3-5-11)8-27-15-12(7-23-27)6-22-16(18)25-15;1-18-7-10(13(14,15)16)17-11(18)8-3-5-9(6-4-8)12(19)20-2;1-18-7-10(12(14,15)16)17-11(18)9-4-2-8(6-13)3-5-9;1-19-11(18)8-4-2-7(3-5-8)10-16-6-9(17-10)12(13,14)15;1-17-6-10(12(13,14)15)16-11(17)9-4-2-8(7-18)3-5-9;1-11-8-5-3-7(4-6-8)9(10)12-2;6-5-7-1-3-2-8-10-4(3)9-5;1-2;;1-4(2)3;;;/h2-7,9H,8H2,1H3;3-7H,1-2H3;2-5,7H,6H2,1H3;2-6H,1H3,(H,16,17);2-6,18H,7H2,1H3;3-6H,1-2H3;1-2H,(H,7,8,9,10);1H3;1H4;;1H;1H3;1H2/p-1. The van der Waals surface area contributed by atoms with Crippen molar-refractivity contribution in [3.63, 3.8) is 0 Å². The van der Waals surface area contributed by atoms with Crippen LogP contribution in [0.15, 0.2) is 201 Å². The number of esters is 3. The zero-order valence-electron chi connectivity index (χ0n) is 70.0. The van der Waals surface area contributed by atoms with Gasteiger partial charge in [0.1, 0.15) is 40.6 Å². The molecule has 6 aromatic carbocycles. The molecular weight excluding hydrogens is 2160 g/mol. The second-order valence-electron chi connectivity index (χ2n) is 25.8. The van der Waals surface area contributed by atoms with E-state index < -0.39 is 80.5 Å². The Labute approximate surface area is 809 Å². The maximum Gasteiger partial charge on any atom is 0.434 e. The number of rotatable bonds is 13. The van der Waals surface area contributed by atoms with Gasteiger partial charge in [-0.05, 0) is 93.4 Å². The van der Waals surface area contributed by atoms with Gasteiger partial charge in [0.2, 0.25) is 19.8 Å². The fourth-order valence-corrected chi connectivity index (χ4v) is 11.2. The Bertz CT molecular complexity index is 6130. The second-order valence-corrected chi connectivity index (χ2v) is 29.3. The smallest absolute Gasteiger partial charge is 0.434 e. The van der Waals surface area contributed by atoms with Crippen LogP contribution in [0.4, 0.5) is 65.9 Å². The molecule has 52 heteroatoms. The lowest BCUT2D eigenvalue weighted by Crippen LogP contribution is -3.00. The summed E-state index contributed by atoms with van der Waals surface area (Å²) >= 11 is 19.1. The highest BCUT2D eigenvalue weighted by molar-refractivity contribution is 14.1. The summed E-state index contributed by atoms with van der Waals surface area (Å²) in [5.74, 6) is 0.773. The van der Waals surface area contributed by atoms with Crippen LogP contribution in [-0.2, 0) is 102 Å². The first-order chi connectivity index (χ1) is 61.2. The Morgan fingerprint density at radius 1 is 0.455 bits per heavy atom. The number of aromatic nitrogens is 18. The van der Waals surface area contributed by atoms with Crippen molar-refractivity contribution in [3.05, 3.63) is 274 Å². The molecule has 9 aromatic heterocycles. The molecule has 134 heavy (non-hydrogen) atoms. The molecule has 9 heterocycles. The molecule has 0 radical (unpaired) electrons. The molecule has 8 N–H and O–H groups in total. The number of imidazole rings is 5. The summed E-state index contributed by atoms with van der Waals surface area (Å²) in [5.41, 5.74) is 3.09. The van der Waals surface area contributed by atoms with Gasteiger partial charge in [-0.3, -0.25) is 5.10 Å². The lowest BCUT2D eigenvalue weighted by atomic mass is 10.1. The highest BCUT2D eigenvalue weighted by atomic mass is 127. The molecule has 15 rings (SSSR count). The molecule has 0 saturated carbocycles. The quantitative estimate of drug-likeness (QED) is 0.0158. The second kappa shape index (κ2) is 53.0. The number of carbonyl (C=O) groups is 3. The van der Waals surface area contributed by atoms with E-state index in [4.69, 9.17) is 48.9 Å². The topological polar surface area (TPSA) is 390 Å². The minimum atomic E-state index is -4.48. The molecule has 0 aliphatic carbocycles. The van der Waals surface area contributed by atoms with Gasteiger partial charge in [0.05, 0.1) is 87.6 Å². The maximum atomic E-state index is 12.8. The molecule has 0 fully saturated rings. The third-order valence-corrected chi connectivity index (χ3v) is 17.7. The highest BCUT2D eigenvalue weighted by Crippen LogP contribution is 2.36. The third kappa shape index (κ3) is 34.2. The number of H-pyrrole nitrogens is 2. The lowest BCUT2D eigenvalue weighted by molar-refractivity contribution is -0.141. The maximum absolute atomic E-state index is 12.8. The molecule has 29 nitrogen and oxygen atoms in total. The van der Waals surface area contributed by atoms with Gasteiger partial charge < -0.3 is 82.9 Å². The number of hydrogen-bond acceptors (Lipinski definition) is 21. The molecule has 722 valence electrons. The fraction of sp³-hybridized carbons (Fsp3) is 0.220. The van der Waals surface area contributed by atoms with E-state index in [2.05, 4.69) is 123 Å². The van der Waals surface area contributed by atoms with Crippen LogP contribution in [-0.4, -0.2) is 154 Å². The van der Waals surface area contributed by atoms with Crippen molar-refractivity contribution in [1.29, 1.82) is 0 Å². The monoisotopic (exact) mass is 2230 g/mol. The van der Waals surface area contributed by atoms with E-state index in [0.717, 1.165) is 58.6 Å². The summed E-state index contributed by atoms with van der Waals surface area (Å²) in [6.07, 6.45) is -11.2. The normalized spacial score (nSPS) is 10.8. The highest BCUT2D eigenvalue weighted by Gasteiger charge is 2.38. The Balaban J connectivity index is 0.000000402. The number of benzene rings is 6. The number of carbonyl (C=O) groups excluding carboxylic acids is 3. The number of aryl methyl sites for hydroxylation is 4. The van der Waals surface area contributed by atoms with Gasteiger partial charge in [0.15, 0.2) is 34.1 Å². The van der Waals surface area contributed by atoms with Gasteiger partial charge in [-0.1, -0.05) is 127 Å². The number of ether oxygens (including phenoxy) is 4. The summed E-state index contributed by atoms with van der Waals surface area (Å²) < 4.78 is 223. The number of nitrogens with one attached hydrogen (secondary N) is 2. The summed E-state index contributed by atoms with van der Waals surface area (Å²) in [6, 6.07) is 39.2. The van der Waals surface area contributed by atoms with Crippen LogP contribution in [0.1, 0.15) is 83.7 Å². The van der Waals surface area contributed by atoms with E-state index in [1.54, 1.807) is 122 Å². The predicted octanol–water partition coefficient (Wildman–Crippen LogP) is 17.7. The molecule has 0 unspecified atom stereocenters. The number of aromatic amines is 2. The molecule has 0 aliphatic rings. The number of fused-ring (bicyclic) bond motifs is 2. The number of aliphatic hydroxyl groups excluding tert-OH is 1. The Hall–Kier alpha value is -11.4. The SMILES string of the molecule is C.CI.COC(=O)c1ccc(-c2nc(C(F)(F)F)cn2C)cc1.COC(=O)c1ccc(-c2ncc(C(F)(F)F)[nH]2)cc1.COC(=O)c1ccc(OC)cc1.Clc1ncc2cn[nH]c2n1.Cn1cc(C(F)(F)F)nc1-c1ccc(CCl)cc1.Cn1cc(C(F)(F)F)nc1-c1ccc(CO)cc1.Cn1cc(C(F)(F)F)nc1-c1ccc(Cn2ncc3cnc(Cl)nc32)cc1.N.O.O=S(Cl)Cl.[I-]. The van der Waals surface area contributed by atoms with E-state index in [1.807, 2.05) is 17.1 Å². The number of alkyl halides is 17. The number of aliphatic hydroxyl groups is 1. The number of nitrogens with zero attached hydrogens (tertiary/aromatic N) is 16. The van der Waals surface area contributed by atoms with Gasteiger partial charge >= 0.3 is 48.8 Å². The molecule has 0 amide bonds. The third-order valence-electron chi connectivity index (χ3n) is 17.0. The molecule has 0 bridgehead atoms. The van der Waals surface area contributed by atoms with Crippen molar-refractivity contribution >= 4 is 128 Å². The summed E-state index contributed by atoms with van der Waals surface area (Å²) in [4.78, 5) is 71.4. The van der Waals surface area contributed by atoms with Gasteiger partial charge in [-0.25, -0.2) is 58.2 Å². The molecule has 0 aliphatic heterocycles. The first kappa shape index (κ1) is 117. The van der Waals surface area contributed by atoms with E-state index in [9.17, 15) is 80.2 Å². The average Bonchev–Trinajstić information content (AvgIpc) is 1.65. The molecule has 0 atom stereocenters. The van der Waals surface area contributed by atoms with Crippen molar-refractivity contribution in [1.82, 2.24) is 94.2 Å². The summed E-state index contributed by atoms with van der Waals surface area (Å²) in [5, 5.41) is 21.6. The van der Waals surface area contributed by atoms with Gasteiger partial charge in [0.25, 0.3) is 0 Å². The van der Waals surface area contributed by atoms with Gasteiger partial charge in [-0.2, -0.15) is 86.0 Å². The van der Waals surface area contributed by atoms with Crippen molar-refractivity contribution in [2.75, 3.05) is 33.4 Å². The van der Waals surface area contributed by atoms with E-state index in [1.165, 1.54) is 116 Å². The number of methoxy groups -OCH3 is 4. The van der Waals surface area contributed by atoms with Gasteiger partial charge in [0, 0.05) is 120 Å². The van der Waals surface area contributed by atoms with E-state index >= 15 is 0 Å². The molecule has 0 saturated heterocycles. The van der Waals surface area contributed by atoms with E-state index in [0.29, 0.717) is 73.8 Å². The van der Waals surface area contributed by atoms with Crippen LogP contribution in [0.3, 0.4) is 0 Å². The Morgan fingerprint density at radius 3 is 1.10 bits per heavy atom. The minimum Gasteiger partial charge on any atom is -1.00 e. The van der Waals surface area contributed by atoms with Crippen molar-refractivity contribution in [3.8, 4) is 62.7 Å². The molecule has 15 aromatic rings. The van der Waals surface area contributed by atoms with Crippen molar-refractivity contribution in [2.24, 2.45) is 28.2 Å². The summed E-state index contributed by atoms with van der Waals surface area (Å²) in [6.45, 7) is 0.333. The number of halogens is 22. The van der Waals surface area contributed by atoms with Crippen LogP contribution >= 0.6 is 78.8 Å². The molecule has 0 spiro atoms. The van der Waals surface area contributed by atoms with Crippen LogP contribution in [0, 0.1) is 0 Å². The Morgan fingerprint density at radius 2 is 0.784 bits per heavy atom.